The van der Waals surface area contributed by atoms with Crippen molar-refractivity contribution >= 4 is 5.91 Å². The van der Waals surface area contributed by atoms with Crippen LogP contribution in [-0.4, -0.2) is 24.5 Å². The number of rotatable bonds is 3. The van der Waals surface area contributed by atoms with Crippen LogP contribution in [0.1, 0.15) is 50.0 Å². The Bertz CT molecular complexity index is 432. The Balaban J connectivity index is 1.47. The molecule has 1 heterocycles. The molecule has 1 aromatic rings. The molecule has 108 valence electrons. The number of amides is 1. The zero-order valence-electron chi connectivity index (χ0n) is 12.0. The van der Waals surface area contributed by atoms with Crippen molar-refractivity contribution in [1.82, 2.24) is 10.6 Å². The third-order valence-corrected chi connectivity index (χ3v) is 4.72. The van der Waals surface area contributed by atoms with Gasteiger partial charge in [-0.25, -0.2) is 0 Å². The molecule has 0 spiro atoms. The molecule has 1 aliphatic heterocycles. The summed E-state index contributed by atoms with van der Waals surface area (Å²) in [5, 5.41) is 6.50. The van der Waals surface area contributed by atoms with Gasteiger partial charge in [-0.05, 0) is 56.6 Å². The summed E-state index contributed by atoms with van der Waals surface area (Å²) in [6.45, 7) is 0.985. The third-order valence-electron chi connectivity index (χ3n) is 4.72. The third kappa shape index (κ3) is 3.21. The highest BCUT2D eigenvalue weighted by Crippen LogP contribution is 2.32. The first-order valence-corrected chi connectivity index (χ1v) is 7.91. The smallest absolute Gasteiger partial charge is 0.237 e. The summed E-state index contributed by atoms with van der Waals surface area (Å²) >= 11 is 0. The van der Waals surface area contributed by atoms with Crippen LogP contribution in [0.2, 0.25) is 0 Å². The molecule has 2 fully saturated rings. The molecule has 1 atom stereocenters. The van der Waals surface area contributed by atoms with Gasteiger partial charge < -0.3 is 10.6 Å². The second-order valence-electron chi connectivity index (χ2n) is 6.12. The Morgan fingerprint density at radius 1 is 1.05 bits per heavy atom. The molecule has 1 aliphatic carbocycles. The van der Waals surface area contributed by atoms with E-state index in [1.807, 2.05) is 0 Å². The van der Waals surface area contributed by atoms with Crippen molar-refractivity contribution in [3.8, 4) is 0 Å². The highest BCUT2D eigenvalue weighted by atomic mass is 16.2. The topological polar surface area (TPSA) is 41.1 Å². The average Bonchev–Trinajstić information content (AvgIpc) is 3.03. The minimum Gasteiger partial charge on any atom is -0.352 e. The van der Waals surface area contributed by atoms with Crippen molar-refractivity contribution < 1.29 is 4.79 Å². The van der Waals surface area contributed by atoms with Crippen LogP contribution in [0.15, 0.2) is 30.3 Å². The first-order chi connectivity index (χ1) is 9.83. The van der Waals surface area contributed by atoms with Crippen molar-refractivity contribution in [3.63, 3.8) is 0 Å². The SMILES string of the molecule is O=C(NC1CCC(c2ccccc2)CC1)[C@@H]1CCCN1. The van der Waals surface area contributed by atoms with E-state index in [-0.39, 0.29) is 11.9 Å². The van der Waals surface area contributed by atoms with Gasteiger partial charge in [0.15, 0.2) is 0 Å². The van der Waals surface area contributed by atoms with Crippen LogP contribution in [0.5, 0.6) is 0 Å². The molecular weight excluding hydrogens is 248 g/mol. The van der Waals surface area contributed by atoms with Crippen LogP contribution < -0.4 is 10.6 Å². The van der Waals surface area contributed by atoms with Crippen LogP contribution >= 0.6 is 0 Å². The van der Waals surface area contributed by atoms with Crippen LogP contribution in [0.3, 0.4) is 0 Å². The van der Waals surface area contributed by atoms with Gasteiger partial charge >= 0.3 is 0 Å². The van der Waals surface area contributed by atoms with Crippen molar-refractivity contribution in [3.05, 3.63) is 35.9 Å². The van der Waals surface area contributed by atoms with Gasteiger partial charge in [-0.2, -0.15) is 0 Å². The molecule has 1 saturated carbocycles. The maximum absolute atomic E-state index is 12.1. The van der Waals surface area contributed by atoms with Gasteiger partial charge in [0.1, 0.15) is 0 Å². The summed E-state index contributed by atoms with van der Waals surface area (Å²) in [7, 11) is 0. The van der Waals surface area contributed by atoms with E-state index < -0.39 is 0 Å². The summed E-state index contributed by atoms with van der Waals surface area (Å²) in [4.78, 5) is 12.1. The quantitative estimate of drug-likeness (QED) is 0.888. The maximum atomic E-state index is 12.1. The van der Waals surface area contributed by atoms with E-state index in [0.717, 1.165) is 32.2 Å². The lowest BCUT2D eigenvalue weighted by atomic mass is 9.81. The maximum Gasteiger partial charge on any atom is 0.237 e. The standard InChI is InChI=1S/C17H24N2O/c20-17(16-7-4-12-18-16)19-15-10-8-14(9-11-15)13-5-2-1-3-6-13/h1-3,5-6,14-16,18H,4,7-12H2,(H,19,20)/t14?,15?,16-/m0/s1. The van der Waals surface area contributed by atoms with Crippen LogP contribution in [0, 0.1) is 0 Å². The largest absolute Gasteiger partial charge is 0.352 e. The highest BCUT2D eigenvalue weighted by molar-refractivity contribution is 5.82. The normalized spacial score (nSPS) is 30.1. The Labute approximate surface area is 121 Å². The van der Waals surface area contributed by atoms with E-state index in [1.165, 1.54) is 18.4 Å². The van der Waals surface area contributed by atoms with Crippen LogP contribution in [0.4, 0.5) is 0 Å². The fourth-order valence-electron chi connectivity index (χ4n) is 3.51. The van der Waals surface area contributed by atoms with E-state index in [4.69, 9.17) is 0 Å². The van der Waals surface area contributed by atoms with Gasteiger partial charge in [0.25, 0.3) is 0 Å². The number of hydrogen-bond donors (Lipinski definition) is 2. The molecular formula is C17H24N2O. The lowest BCUT2D eigenvalue weighted by Gasteiger charge is -2.30. The number of benzene rings is 1. The zero-order chi connectivity index (χ0) is 13.8. The molecule has 0 aromatic heterocycles. The highest BCUT2D eigenvalue weighted by Gasteiger charge is 2.27. The summed E-state index contributed by atoms with van der Waals surface area (Å²) in [6.07, 6.45) is 6.71. The van der Waals surface area contributed by atoms with Gasteiger partial charge in [0.2, 0.25) is 5.91 Å². The predicted molar refractivity (Wildman–Crippen MR) is 80.6 cm³/mol. The van der Waals surface area contributed by atoms with Gasteiger partial charge in [-0.15, -0.1) is 0 Å². The minimum absolute atomic E-state index is 0.0573. The number of nitrogens with one attached hydrogen (secondary N) is 2. The van der Waals surface area contributed by atoms with Crippen LogP contribution in [-0.2, 0) is 4.79 Å². The fraction of sp³-hybridized carbons (Fsp3) is 0.588. The summed E-state index contributed by atoms with van der Waals surface area (Å²) < 4.78 is 0. The predicted octanol–water partition coefficient (Wildman–Crippen LogP) is 2.58. The molecule has 1 saturated heterocycles. The van der Waals surface area contributed by atoms with Gasteiger partial charge in [-0.1, -0.05) is 30.3 Å². The molecule has 20 heavy (non-hydrogen) atoms. The average molecular weight is 272 g/mol. The molecule has 3 nitrogen and oxygen atoms in total. The second-order valence-corrected chi connectivity index (χ2v) is 6.12. The molecule has 2 N–H and O–H groups in total. The lowest BCUT2D eigenvalue weighted by molar-refractivity contribution is -0.123. The van der Waals surface area contributed by atoms with E-state index >= 15 is 0 Å². The van der Waals surface area contributed by atoms with Crippen LogP contribution in [0.25, 0.3) is 0 Å². The van der Waals surface area contributed by atoms with E-state index in [1.54, 1.807) is 0 Å². The number of carbonyl (C=O) groups excluding carboxylic acids is 1. The first-order valence-electron chi connectivity index (χ1n) is 7.91. The van der Waals surface area contributed by atoms with Gasteiger partial charge in [-0.3, -0.25) is 4.79 Å². The molecule has 1 amide bonds. The van der Waals surface area contributed by atoms with Gasteiger partial charge in [0.05, 0.1) is 6.04 Å². The van der Waals surface area contributed by atoms with Crippen molar-refractivity contribution in [2.24, 2.45) is 0 Å². The van der Waals surface area contributed by atoms with E-state index in [9.17, 15) is 4.79 Å². The Morgan fingerprint density at radius 2 is 1.80 bits per heavy atom. The Hall–Kier alpha value is -1.35. The summed E-state index contributed by atoms with van der Waals surface area (Å²) in [5.74, 6) is 0.889. The molecule has 2 aliphatic rings. The van der Waals surface area contributed by atoms with Crippen molar-refractivity contribution in [2.45, 2.75) is 56.5 Å². The zero-order valence-corrected chi connectivity index (χ0v) is 12.0. The molecule has 0 bridgehead atoms. The lowest BCUT2D eigenvalue weighted by Crippen LogP contribution is -2.46. The fourth-order valence-corrected chi connectivity index (χ4v) is 3.51. The molecule has 0 unspecified atom stereocenters. The molecule has 1 aromatic carbocycles. The molecule has 3 heteroatoms. The number of hydrogen-bond acceptors (Lipinski definition) is 2. The van der Waals surface area contributed by atoms with E-state index in [2.05, 4.69) is 41.0 Å². The monoisotopic (exact) mass is 272 g/mol. The van der Waals surface area contributed by atoms with Crippen molar-refractivity contribution in [1.29, 1.82) is 0 Å². The number of carbonyl (C=O) groups is 1. The van der Waals surface area contributed by atoms with Crippen molar-refractivity contribution in [2.75, 3.05) is 6.54 Å². The Morgan fingerprint density at radius 3 is 2.45 bits per heavy atom. The minimum atomic E-state index is 0.0573. The first kappa shape index (κ1) is 13.6. The summed E-state index contributed by atoms with van der Waals surface area (Å²) in [5.41, 5.74) is 1.45. The van der Waals surface area contributed by atoms with E-state index in [0.29, 0.717) is 12.0 Å². The Kier molecular flexibility index (Phi) is 4.36. The second kappa shape index (κ2) is 6.40. The molecule has 3 rings (SSSR count). The van der Waals surface area contributed by atoms with Gasteiger partial charge in [0, 0.05) is 6.04 Å². The molecule has 0 radical (unpaired) electrons. The summed E-state index contributed by atoms with van der Waals surface area (Å²) in [6, 6.07) is 11.2.